The third-order valence-corrected chi connectivity index (χ3v) is 8.59. The van der Waals surface area contributed by atoms with E-state index in [0.717, 1.165) is 42.6 Å². The average molecular weight is 525 g/mol. The number of allylic oxidation sites excluding steroid dienone is 1. The van der Waals surface area contributed by atoms with Gasteiger partial charge in [0, 0.05) is 45.0 Å². The van der Waals surface area contributed by atoms with E-state index in [4.69, 9.17) is 14.5 Å². The van der Waals surface area contributed by atoms with Gasteiger partial charge in [-0.25, -0.2) is 9.79 Å². The minimum atomic E-state index is -0.406. The van der Waals surface area contributed by atoms with Crippen LogP contribution in [0.1, 0.15) is 50.6 Å². The number of nitrogens with zero attached hydrogens (tertiary/aromatic N) is 4. The SMILES string of the molecule is COCCOC(=O)C1=C(C)N=C2SC=C(CC(=O)N3CCN(C4CCCC4)CC3)N2C1c1ccccc1. The number of piperazine rings is 1. The number of fused-ring (bicyclic) bond motifs is 1. The number of amides is 1. The Hall–Kier alpha value is -2.62. The summed E-state index contributed by atoms with van der Waals surface area (Å²) < 4.78 is 10.6. The zero-order valence-corrected chi connectivity index (χ0v) is 22.5. The van der Waals surface area contributed by atoms with Crippen molar-refractivity contribution in [1.82, 2.24) is 14.7 Å². The molecule has 1 unspecified atom stereocenters. The van der Waals surface area contributed by atoms with E-state index in [1.165, 1.54) is 37.4 Å². The molecule has 4 aliphatic rings. The first-order chi connectivity index (χ1) is 18.1. The van der Waals surface area contributed by atoms with E-state index < -0.39 is 12.0 Å². The molecule has 0 bridgehead atoms. The van der Waals surface area contributed by atoms with Gasteiger partial charge in [0.2, 0.25) is 5.91 Å². The molecule has 5 rings (SSSR count). The number of hydrogen-bond donors (Lipinski definition) is 0. The number of carbonyl (C=O) groups excluding carboxylic acids is 2. The molecule has 1 aromatic carbocycles. The number of hydrogen-bond acceptors (Lipinski definition) is 8. The van der Waals surface area contributed by atoms with Crippen LogP contribution >= 0.6 is 11.8 Å². The fourth-order valence-electron chi connectivity index (χ4n) is 5.75. The highest BCUT2D eigenvalue weighted by molar-refractivity contribution is 8.16. The molecule has 1 saturated heterocycles. The van der Waals surface area contributed by atoms with Gasteiger partial charge in [-0.15, -0.1) is 0 Å². The molecule has 8 nitrogen and oxygen atoms in total. The number of thioether (sulfide) groups is 1. The molecule has 2 fully saturated rings. The van der Waals surface area contributed by atoms with Crippen LogP contribution in [0.4, 0.5) is 0 Å². The maximum Gasteiger partial charge on any atom is 0.338 e. The van der Waals surface area contributed by atoms with E-state index in [2.05, 4.69) is 4.90 Å². The van der Waals surface area contributed by atoms with Crippen molar-refractivity contribution in [3.8, 4) is 0 Å². The van der Waals surface area contributed by atoms with Crippen molar-refractivity contribution in [3.05, 3.63) is 58.3 Å². The molecule has 0 radical (unpaired) electrons. The van der Waals surface area contributed by atoms with Gasteiger partial charge in [-0.3, -0.25) is 9.69 Å². The van der Waals surface area contributed by atoms with Crippen molar-refractivity contribution < 1.29 is 19.1 Å². The molecule has 1 atom stereocenters. The number of methoxy groups -OCH3 is 1. The monoisotopic (exact) mass is 524 g/mol. The number of amidine groups is 1. The smallest absolute Gasteiger partial charge is 0.338 e. The normalized spacial score (nSPS) is 22.7. The number of benzene rings is 1. The number of esters is 1. The summed E-state index contributed by atoms with van der Waals surface area (Å²) in [5.74, 6) is -0.279. The second kappa shape index (κ2) is 11.8. The lowest BCUT2D eigenvalue weighted by Gasteiger charge is -2.39. The molecule has 3 heterocycles. The minimum absolute atomic E-state index is 0.126. The Balaban J connectivity index is 1.32. The second-order valence-corrected chi connectivity index (χ2v) is 10.8. The van der Waals surface area contributed by atoms with Gasteiger partial charge in [0.15, 0.2) is 5.17 Å². The first kappa shape index (κ1) is 26.0. The molecule has 198 valence electrons. The van der Waals surface area contributed by atoms with Crippen LogP contribution in [0.2, 0.25) is 0 Å². The van der Waals surface area contributed by atoms with Crippen molar-refractivity contribution in [2.24, 2.45) is 4.99 Å². The minimum Gasteiger partial charge on any atom is -0.460 e. The van der Waals surface area contributed by atoms with Gasteiger partial charge in [0.1, 0.15) is 6.61 Å². The quantitative estimate of drug-likeness (QED) is 0.377. The van der Waals surface area contributed by atoms with E-state index in [9.17, 15) is 9.59 Å². The van der Waals surface area contributed by atoms with E-state index >= 15 is 0 Å². The molecule has 0 aromatic heterocycles. The molecule has 3 aliphatic heterocycles. The molecule has 1 amide bonds. The molecule has 1 saturated carbocycles. The van der Waals surface area contributed by atoms with Gasteiger partial charge in [-0.05, 0) is 30.7 Å². The van der Waals surface area contributed by atoms with Crippen LogP contribution in [0.15, 0.2) is 57.7 Å². The van der Waals surface area contributed by atoms with E-state index in [-0.39, 0.29) is 18.9 Å². The lowest BCUT2D eigenvalue weighted by Crippen LogP contribution is -2.51. The van der Waals surface area contributed by atoms with Crippen LogP contribution in [0.3, 0.4) is 0 Å². The molecule has 1 aliphatic carbocycles. The van der Waals surface area contributed by atoms with Crippen molar-refractivity contribution in [3.63, 3.8) is 0 Å². The summed E-state index contributed by atoms with van der Waals surface area (Å²) in [5, 5.41) is 2.79. The summed E-state index contributed by atoms with van der Waals surface area (Å²) in [6, 6.07) is 10.2. The predicted octanol–water partition coefficient (Wildman–Crippen LogP) is 3.93. The number of ether oxygens (including phenoxy) is 2. The zero-order valence-electron chi connectivity index (χ0n) is 21.7. The van der Waals surface area contributed by atoms with Crippen LogP contribution in [0, 0.1) is 0 Å². The van der Waals surface area contributed by atoms with E-state index in [1.54, 1.807) is 7.11 Å². The van der Waals surface area contributed by atoms with Gasteiger partial charge >= 0.3 is 5.97 Å². The zero-order chi connectivity index (χ0) is 25.8. The maximum atomic E-state index is 13.4. The van der Waals surface area contributed by atoms with Gasteiger partial charge in [-0.1, -0.05) is 54.9 Å². The fourth-order valence-corrected chi connectivity index (χ4v) is 6.71. The Morgan fingerprint density at radius 1 is 1.05 bits per heavy atom. The van der Waals surface area contributed by atoms with Crippen molar-refractivity contribution in [1.29, 1.82) is 0 Å². The third kappa shape index (κ3) is 5.63. The molecular formula is C28H36N4O4S. The second-order valence-electron chi connectivity index (χ2n) is 9.96. The number of aliphatic imine (C=N–C) groups is 1. The predicted molar refractivity (Wildman–Crippen MR) is 145 cm³/mol. The standard InChI is InChI=1S/C28H36N4O4S/c1-20-25(27(34)36-17-16-35-2)26(21-8-4-3-5-9-21)32-23(19-37-28(32)29-20)18-24(33)31-14-12-30(13-15-31)22-10-6-7-11-22/h3-5,8-9,19,22,26H,6-7,10-18H2,1-2H3. The fraction of sp³-hybridized carbons (Fsp3) is 0.536. The summed E-state index contributed by atoms with van der Waals surface area (Å²) in [4.78, 5) is 38.0. The first-order valence-corrected chi connectivity index (χ1v) is 14.1. The lowest BCUT2D eigenvalue weighted by molar-refractivity contribution is -0.141. The maximum absolute atomic E-state index is 13.4. The highest BCUT2D eigenvalue weighted by Crippen LogP contribution is 2.45. The molecular weight excluding hydrogens is 488 g/mol. The molecule has 37 heavy (non-hydrogen) atoms. The summed E-state index contributed by atoms with van der Waals surface area (Å²) in [6.45, 7) is 5.80. The van der Waals surface area contributed by atoms with Gasteiger partial charge in [0.25, 0.3) is 0 Å². The summed E-state index contributed by atoms with van der Waals surface area (Å²) in [7, 11) is 1.58. The topological polar surface area (TPSA) is 74.7 Å². The molecule has 0 N–H and O–H groups in total. The van der Waals surface area contributed by atoms with Gasteiger partial charge in [-0.2, -0.15) is 0 Å². The van der Waals surface area contributed by atoms with E-state index in [1.807, 2.05) is 52.5 Å². The van der Waals surface area contributed by atoms with Gasteiger partial charge < -0.3 is 19.3 Å². The van der Waals surface area contributed by atoms with Crippen LogP contribution in [-0.4, -0.2) is 84.3 Å². The highest BCUT2D eigenvalue weighted by atomic mass is 32.2. The Morgan fingerprint density at radius 3 is 2.49 bits per heavy atom. The Labute approximate surface area is 223 Å². The van der Waals surface area contributed by atoms with Crippen molar-refractivity contribution >= 4 is 28.8 Å². The highest BCUT2D eigenvalue weighted by Gasteiger charge is 2.41. The molecule has 9 heteroatoms. The largest absolute Gasteiger partial charge is 0.460 e. The average Bonchev–Trinajstić information content (AvgIpc) is 3.59. The van der Waals surface area contributed by atoms with E-state index in [0.29, 0.717) is 23.9 Å². The first-order valence-electron chi connectivity index (χ1n) is 13.2. The summed E-state index contributed by atoms with van der Waals surface area (Å²) >= 11 is 1.51. The summed E-state index contributed by atoms with van der Waals surface area (Å²) in [6.07, 6.45) is 5.52. The lowest BCUT2D eigenvalue weighted by atomic mass is 9.94. The van der Waals surface area contributed by atoms with Crippen LogP contribution in [0.25, 0.3) is 0 Å². The number of rotatable bonds is 8. The number of carbonyl (C=O) groups is 2. The van der Waals surface area contributed by atoms with Crippen molar-refractivity contribution in [2.75, 3.05) is 46.5 Å². The van der Waals surface area contributed by atoms with Crippen molar-refractivity contribution in [2.45, 2.75) is 51.1 Å². The molecule has 1 aromatic rings. The Kier molecular flexibility index (Phi) is 8.32. The van der Waals surface area contributed by atoms with Gasteiger partial charge in [0.05, 0.1) is 30.3 Å². The van der Waals surface area contributed by atoms with Crippen LogP contribution < -0.4 is 0 Å². The van der Waals surface area contributed by atoms with Crippen LogP contribution in [-0.2, 0) is 19.1 Å². The summed E-state index contributed by atoms with van der Waals surface area (Å²) in [5.41, 5.74) is 2.96. The molecule has 0 spiro atoms. The van der Waals surface area contributed by atoms with Crippen LogP contribution in [0.5, 0.6) is 0 Å². The Morgan fingerprint density at radius 2 is 1.78 bits per heavy atom. The Bertz CT molecular complexity index is 1090. The third-order valence-electron chi connectivity index (χ3n) is 7.70.